The highest BCUT2D eigenvalue weighted by Gasteiger charge is 2.14. The minimum atomic E-state index is -0.332. The largest absolute Gasteiger partial charge is 0.289 e. The summed E-state index contributed by atoms with van der Waals surface area (Å²) in [6.07, 6.45) is 6.35. The zero-order valence-electron chi connectivity index (χ0n) is 14.6. The van der Waals surface area contributed by atoms with Crippen molar-refractivity contribution in [2.45, 2.75) is 26.8 Å². The molecule has 2 heterocycles. The molecular weight excluding hydrogens is 355 g/mol. The Morgan fingerprint density at radius 3 is 2.58 bits per heavy atom. The molecule has 0 N–H and O–H groups in total. The molecule has 7 heteroatoms. The molecular formula is C19H18ClFN4O. The average molecular weight is 373 g/mol. The zero-order valence-corrected chi connectivity index (χ0v) is 15.4. The molecule has 0 spiro atoms. The number of aryl methyl sites for hydroxylation is 1. The minimum absolute atomic E-state index is 0.165. The lowest BCUT2D eigenvalue weighted by atomic mass is 10.1. The summed E-state index contributed by atoms with van der Waals surface area (Å²) in [6.45, 7) is 5.78. The Bertz CT molecular complexity index is 970. The lowest BCUT2D eigenvalue weighted by molar-refractivity contribution is 0.104. The Kier molecular flexibility index (Phi) is 5.04. The number of hydrogen-bond donors (Lipinski definition) is 0. The van der Waals surface area contributed by atoms with Gasteiger partial charge in [-0.2, -0.15) is 10.2 Å². The van der Waals surface area contributed by atoms with Crippen LogP contribution in [0.4, 0.5) is 4.39 Å². The van der Waals surface area contributed by atoms with E-state index >= 15 is 0 Å². The third kappa shape index (κ3) is 3.60. The van der Waals surface area contributed by atoms with Gasteiger partial charge in [0.05, 0.1) is 23.1 Å². The first-order chi connectivity index (χ1) is 12.4. The van der Waals surface area contributed by atoms with Crippen molar-refractivity contribution >= 4 is 23.5 Å². The summed E-state index contributed by atoms with van der Waals surface area (Å²) in [5.41, 5.74) is 2.46. The highest BCUT2D eigenvalue weighted by atomic mass is 35.5. The van der Waals surface area contributed by atoms with E-state index in [1.54, 1.807) is 42.2 Å². The van der Waals surface area contributed by atoms with Crippen molar-refractivity contribution in [3.8, 4) is 5.69 Å². The van der Waals surface area contributed by atoms with Crippen LogP contribution in [0.15, 0.2) is 42.7 Å². The quantitative estimate of drug-likeness (QED) is 0.484. The van der Waals surface area contributed by atoms with Crippen LogP contribution in [-0.2, 0) is 0 Å². The van der Waals surface area contributed by atoms with Crippen LogP contribution in [0.3, 0.4) is 0 Å². The third-order valence-corrected chi connectivity index (χ3v) is 4.30. The van der Waals surface area contributed by atoms with Gasteiger partial charge in [0.15, 0.2) is 5.78 Å². The van der Waals surface area contributed by atoms with Gasteiger partial charge in [-0.1, -0.05) is 11.6 Å². The van der Waals surface area contributed by atoms with Crippen LogP contribution in [0.2, 0.25) is 5.15 Å². The summed E-state index contributed by atoms with van der Waals surface area (Å²) in [5.74, 6) is -0.497. The summed E-state index contributed by atoms with van der Waals surface area (Å²) < 4.78 is 16.3. The molecule has 0 fully saturated rings. The first-order valence-electron chi connectivity index (χ1n) is 8.14. The van der Waals surface area contributed by atoms with Crippen molar-refractivity contribution in [1.82, 2.24) is 19.6 Å². The molecule has 1 aromatic carbocycles. The van der Waals surface area contributed by atoms with E-state index in [-0.39, 0.29) is 17.6 Å². The SMILES string of the molecule is Cc1nn(-c2ccc(F)cc2)c(Cl)c1C=CC(=O)c1cnn(C(C)C)c1. The summed E-state index contributed by atoms with van der Waals surface area (Å²) in [5, 5.41) is 8.90. The summed E-state index contributed by atoms with van der Waals surface area (Å²) in [6, 6.07) is 6.05. The first-order valence-corrected chi connectivity index (χ1v) is 8.52. The predicted molar refractivity (Wildman–Crippen MR) is 99.2 cm³/mol. The molecule has 2 aromatic heterocycles. The smallest absolute Gasteiger partial charge is 0.189 e. The normalized spacial score (nSPS) is 11.6. The van der Waals surface area contributed by atoms with Crippen LogP contribution in [0, 0.1) is 12.7 Å². The maximum Gasteiger partial charge on any atom is 0.189 e. The van der Waals surface area contributed by atoms with Crippen LogP contribution < -0.4 is 0 Å². The second-order valence-electron chi connectivity index (χ2n) is 6.18. The third-order valence-electron chi connectivity index (χ3n) is 3.94. The monoisotopic (exact) mass is 372 g/mol. The van der Waals surface area contributed by atoms with E-state index in [4.69, 9.17) is 11.6 Å². The fraction of sp³-hybridized carbons (Fsp3) is 0.211. The Morgan fingerprint density at radius 1 is 1.27 bits per heavy atom. The minimum Gasteiger partial charge on any atom is -0.289 e. The van der Waals surface area contributed by atoms with E-state index < -0.39 is 0 Å². The van der Waals surface area contributed by atoms with Gasteiger partial charge in [0.1, 0.15) is 11.0 Å². The molecule has 0 amide bonds. The summed E-state index contributed by atoms with van der Waals surface area (Å²) in [7, 11) is 0. The lowest BCUT2D eigenvalue weighted by Gasteiger charge is -2.02. The van der Waals surface area contributed by atoms with Gasteiger partial charge in [-0.25, -0.2) is 9.07 Å². The fourth-order valence-electron chi connectivity index (χ4n) is 2.46. The molecule has 134 valence electrons. The van der Waals surface area contributed by atoms with Crippen molar-refractivity contribution in [2.75, 3.05) is 0 Å². The summed E-state index contributed by atoms with van der Waals surface area (Å²) in [4.78, 5) is 12.3. The van der Waals surface area contributed by atoms with E-state index in [0.717, 1.165) is 0 Å². The van der Waals surface area contributed by atoms with Gasteiger partial charge in [0.2, 0.25) is 0 Å². The van der Waals surface area contributed by atoms with Gasteiger partial charge in [-0.05, 0) is 57.2 Å². The molecule has 3 aromatic rings. The molecule has 0 radical (unpaired) electrons. The van der Waals surface area contributed by atoms with Gasteiger partial charge in [-0.3, -0.25) is 9.48 Å². The maximum atomic E-state index is 13.1. The molecule has 26 heavy (non-hydrogen) atoms. The van der Waals surface area contributed by atoms with Crippen molar-refractivity contribution in [2.24, 2.45) is 0 Å². The Hall–Kier alpha value is -2.73. The van der Waals surface area contributed by atoms with Crippen LogP contribution >= 0.6 is 11.6 Å². The Labute approximate surface area is 155 Å². The van der Waals surface area contributed by atoms with Crippen LogP contribution in [-0.4, -0.2) is 25.3 Å². The molecule has 0 aliphatic carbocycles. The number of hydrogen-bond acceptors (Lipinski definition) is 3. The summed E-state index contributed by atoms with van der Waals surface area (Å²) >= 11 is 6.41. The van der Waals surface area contributed by atoms with E-state index in [1.807, 2.05) is 13.8 Å². The number of ketones is 1. The standard InChI is InChI=1S/C19H18ClFN4O/c1-12(2)24-11-14(10-22-24)18(26)9-8-17-13(3)23-25(19(17)20)16-6-4-15(21)5-7-16/h4-12H,1-3H3. The van der Waals surface area contributed by atoms with Gasteiger partial charge >= 0.3 is 0 Å². The number of benzene rings is 1. The first kappa shape index (κ1) is 18.1. The number of aromatic nitrogens is 4. The van der Waals surface area contributed by atoms with Crippen LogP contribution in [0.5, 0.6) is 0 Å². The molecule has 5 nitrogen and oxygen atoms in total. The van der Waals surface area contributed by atoms with Gasteiger partial charge in [0, 0.05) is 17.8 Å². The van der Waals surface area contributed by atoms with Crippen LogP contribution in [0.25, 0.3) is 11.8 Å². The molecule has 0 saturated heterocycles. The molecule has 0 unspecified atom stereocenters. The number of nitrogens with zero attached hydrogens (tertiary/aromatic N) is 4. The number of allylic oxidation sites excluding steroid dienone is 1. The zero-order chi connectivity index (χ0) is 18.8. The second-order valence-corrected chi connectivity index (χ2v) is 6.54. The number of carbonyl (C=O) groups excluding carboxylic acids is 1. The Morgan fingerprint density at radius 2 is 1.96 bits per heavy atom. The highest BCUT2D eigenvalue weighted by molar-refractivity contribution is 6.31. The molecule has 0 atom stereocenters. The van der Waals surface area contributed by atoms with Crippen molar-refractivity contribution < 1.29 is 9.18 Å². The molecule has 3 rings (SSSR count). The molecule has 0 aliphatic heterocycles. The fourth-order valence-corrected chi connectivity index (χ4v) is 2.79. The maximum absolute atomic E-state index is 13.1. The van der Waals surface area contributed by atoms with Gasteiger partial charge in [-0.15, -0.1) is 0 Å². The van der Waals surface area contributed by atoms with E-state index in [2.05, 4.69) is 10.2 Å². The highest BCUT2D eigenvalue weighted by Crippen LogP contribution is 2.25. The van der Waals surface area contributed by atoms with Gasteiger partial charge < -0.3 is 0 Å². The lowest BCUT2D eigenvalue weighted by Crippen LogP contribution is -2.00. The van der Waals surface area contributed by atoms with E-state index in [0.29, 0.717) is 27.7 Å². The second kappa shape index (κ2) is 7.25. The van der Waals surface area contributed by atoms with E-state index in [1.165, 1.54) is 22.9 Å². The predicted octanol–water partition coefficient (Wildman–Crippen LogP) is 4.65. The molecule has 0 saturated carbocycles. The Balaban J connectivity index is 1.86. The van der Waals surface area contributed by atoms with Gasteiger partial charge in [0.25, 0.3) is 0 Å². The molecule has 0 aliphatic rings. The van der Waals surface area contributed by atoms with Crippen LogP contribution in [0.1, 0.15) is 41.5 Å². The number of rotatable bonds is 5. The van der Waals surface area contributed by atoms with E-state index in [9.17, 15) is 9.18 Å². The topological polar surface area (TPSA) is 52.7 Å². The van der Waals surface area contributed by atoms with Crippen molar-refractivity contribution in [3.05, 3.63) is 70.5 Å². The average Bonchev–Trinajstić information content (AvgIpc) is 3.20. The number of carbonyl (C=O) groups is 1. The van der Waals surface area contributed by atoms with Crippen molar-refractivity contribution in [3.63, 3.8) is 0 Å². The molecule has 0 bridgehead atoms. The van der Waals surface area contributed by atoms with Crippen molar-refractivity contribution in [1.29, 1.82) is 0 Å². The number of halogens is 2.